The van der Waals surface area contributed by atoms with Crippen molar-refractivity contribution in [2.45, 2.75) is 26.0 Å². The Morgan fingerprint density at radius 2 is 2.00 bits per heavy atom. The summed E-state index contributed by atoms with van der Waals surface area (Å²) in [6.45, 7) is 5.68. The van der Waals surface area contributed by atoms with E-state index in [4.69, 9.17) is 26.1 Å². The molecule has 6 rings (SSSR count). The molecule has 0 amide bonds. The van der Waals surface area contributed by atoms with E-state index < -0.39 is 0 Å². The van der Waals surface area contributed by atoms with Gasteiger partial charge in [0.15, 0.2) is 0 Å². The summed E-state index contributed by atoms with van der Waals surface area (Å²) in [4.78, 5) is 19.4. The normalized spacial score (nSPS) is 16.4. The number of methoxy groups -OCH3 is 1. The van der Waals surface area contributed by atoms with E-state index in [0.29, 0.717) is 39.4 Å². The summed E-state index contributed by atoms with van der Waals surface area (Å²) in [6, 6.07) is 9.37. The predicted molar refractivity (Wildman–Crippen MR) is 139 cm³/mol. The fourth-order valence-corrected chi connectivity index (χ4v) is 4.85. The molecule has 5 aromatic rings. The molecular formula is C26H26ClN7O2. The first-order chi connectivity index (χ1) is 17.6. The van der Waals surface area contributed by atoms with Crippen molar-refractivity contribution >= 4 is 33.7 Å². The minimum Gasteiger partial charge on any atom is -0.456 e. The van der Waals surface area contributed by atoms with Crippen LogP contribution < -0.4 is 4.74 Å². The van der Waals surface area contributed by atoms with Gasteiger partial charge < -0.3 is 14.5 Å². The summed E-state index contributed by atoms with van der Waals surface area (Å²) in [5.41, 5.74) is 4.68. The smallest absolute Gasteiger partial charge is 0.148 e. The summed E-state index contributed by atoms with van der Waals surface area (Å²) in [5.74, 6) is 2.03. The number of hydrogen-bond donors (Lipinski definition) is 1. The van der Waals surface area contributed by atoms with Crippen molar-refractivity contribution < 1.29 is 9.47 Å². The maximum atomic E-state index is 6.74. The Morgan fingerprint density at radius 3 is 2.86 bits per heavy atom. The van der Waals surface area contributed by atoms with Gasteiger partial charge in [0.1, 0.15) is 27.9 Å². The number of ether oxygens (including phenoxy) is 2. The third kappa shape index (κ3) is 4.53. The number of H-pyrrole nitrogens is 1. The van der Waals surface area contributed by atoms with Crippen LogP contribution in [0.1, 0.15) is 12.2 Å². The quantitative estimate of drug-likeness (QED) is 0.339. The van der Waals surface area contributed by atoms with E-state index in [9.17, 15) is 0 Å². The number of hydrogen-bond acceptors (Lipinski definition) is 7. The van der Waals surface area contributed by atoms with Gasteiger partial charge in [-0.05, 0) is 37.6 Å². The number of halogens is 1. The molecule has 0 bridgehead atoms. The molecular weight excluding hydrogens is 478 g/mol. The lowest BCUT2D eigenvalue weighted by Crippen LogP contribution is -2.26. The van der Waals surface area contributed by atoms with Crippen LogP contribution in [0.3, 0.4) is 0 Å². The Morgan fingerprint density at radius 1 is 1.11 bits per heavy atom. The van der Waals surface area contributed by atoms with E-state index in [2.05, 4.69) is 25.0 Å². The summed E-state index contributed by atoms with van der Waals surface area (Å²) < 4.78 is 13.5. The van der Waals surface area contributed by atoms with Crippen LogP contribution in [0.2, 0.25) is 5.02 Å². The molecule has 2 aromatic carbocycles. The van der Waals surface area contributed by atoms with Gasteiger partial charge in [-0.25, -0.2) is 9.97 Å². The van der Waals surface area contributed by atoms with Crippen LogP contribution in [-0.4, -0.2) is 67.5 Å². The average molecular weight is 504 g/mol. The minimum absolute atomic E-state index is 0.335. The SMILES string of the molecule is COC1CCN(CCn2cc(-c3cnc4ccc(Oc5ccc6nc(C)[nH]c6c5)c(Cl)c4n3)cn2)C1. The lowest BCUT2D eigenvalue weighted by molar-refractivity contribution is 0.107. The predicted octanol–water partition coefficient (Wildman–Crippen LogP) is 4.84. The molecule has 10 heteroatoms. The molecule has 0 aliphatic carbocycles. The van der Waals surface area contributed by atoms with Gasteiger partial charge in [0.05, 0.1) is 47.3 Å². The van der Waals surface area contributed by atoms with E-state index in [-0.39, 0.29) is 0 Å². The highest BCUT2D eigenvalue weighted by Gasteiger charge is 2.21. The summed E-state index contributed by atoms with van der Waals surface area (Å²) in [6.07, 6.45) is 6.97. The van der Waals surface area contributed by atoms with Gasteiger partial charge in [0.25, 0.3) is 0 Å². The summed E-state index contributed by atoms with van der Waals surface area (Å²) >= 11 is 6.74. The molecule has 1 fully saturated rings. The van der Waals surface area contributed by atoms with Gasteiger partial charge in [-0.3, -0.25) is 14.6 Å². The number of imidazole rings is 1. The third-order valence-electron chi connectivity index (χ3n) is 6.55. The van der Waals surface area contributed by atoms with E-state index in [1.165, 1.54) is 0 Å². The molecule has 9 nitrogen and oxygen atoms in total. The third-order valence-corrected chi connectivity index (χ3v) is 6.92. The van der Waals surface area contributed by atoms with Gasteiger partial charge >= 0.3 is 0 Å². The first-order valence-electron chi connectivity index (χ1n) is 11.9. The van der Waals surface area contributed by atoms with Crippen LogP contribution in [-0.2, 0) is 11.3 Å². The van der Waals surface area contributed by atoms with Crippen molar-refractivity contribution in [2.75, 3.05) is 26.7 Å². The second-order valence-electron chi connectivity index (χ2n) is 9.04. The van der Waals surface area contributed by atoms with Crippen LogP contribution >= 0.6 is 11.6 Å². The van der Waals surface area contributed by atoms with Crippen LogP contribution in [0, 0.1) is 6.92 Å². The maximum absolute atomic E-state index is 6.74. The molecule has 1 aliphatic rings. The number of aromatic amines is 1. The van der Waals surface area contributed by atoms with Crippen LogP contribution in [0.5, 0.6) is 11.5 Å². The highest BCUT2D eigenvalue weighted by atomic mass is 35.5. The Hall–Kier alpha value is -3.53. The van der Waals surface area contributed by atoms with Crippen molar-refractivity contribution in [3.05, 3.63) is 59.8 Å². The number of aryl methyl sites for hydroxylation is 1. The molecule has 184 valence electrons. The molecule has 0 radical (unpaired) electrons. The molecule has 36 heavy (non-hydrogen) atoms. The van der Waals surface area contributed by atoms with E-state index >= 15 is 0 Å². The number of fused-ring (bicyclic) bond motifs is 2. The molecule has 0 spiro atoms. The first-order valence-corrected chi connectivity index (χ1v) is 12.3. The Kier molecular flexibility index (Phi) is 6.04. The maximum Gasteiger partial charge on any atom is 0.148 e. The number of benzene rings is 2. The molecule has 3 aromatic heterocycles. The number of nitrogens with zero attached hydrogens (tertiary/aromatic N) is 6. The monoisotopic (exact) mass is 503 g/mol. The average Bonchev–Trinajstić information content (AvgIpc) is 3.63. The molecule has 1 aliphatic heterocycles. The standard InChI is InChI=1S/C26H26ClN7O2/c1-16-30-20-4-3-18(11-22(20)31-16)36-24-6-5-21-26(25(24)27)32-23(13-28-21)17-12-29-34(14-17)10-9-33-8-7-19(15-33)35-2/h3-6,11-14,19H,7-10,15H2,1-2H3,(H,30,31). The molecule has 1 unspecified atom stereocenters. The van der Waals surface area contributed by atoms with Crippen LogP contribution in [0.4, 0.5) is 0 Å². The van der Waals surface area contributed by atoms with Crippen LogP contribution in [0.15, 0.2) is 48.9 Å². The van der Waals surface area contributed by atoms with E-state index in [0.717, 1.165) is 55.0 Å². The minimum atomic E-state index is 0.335. The van der Waals surface area contributed by atoms with E-state index in [1.54, 1.807) is 13.3 Å². The molecule has 1 saturated heterocycles. The Balaban J connectivity index is 1.21. The highest BCUT2D eigenvalue weighted by molar-refractivity contribution is 6.36. The molecule has 4 heterocycles. The Bertz CT molecular complexity index is 1550. The fraction of sp³-hybridized carbons (Fsp3) is 0.308. The molecule has 1 atom stereocenters. The largest absolute Gasteiger partial charge is 0.456 e. The summed E-state index contributed by atoms with van der Waals surface area (Å²) in [7, 11) is 1.78. The van der Waals surface area contributed by atoms with Crippen molar-refractivity contribution in [1.82, 2.24) is 34.6 Å². The van der Waals surface area contributed by atoms with Crippen LogP contribution in [0.25, 0.3) is 33.3 Å². The van der Waals surface area contributed by atoms with Crippen molar-refractivity contribution in [2.24, 2.45) is 0 Å². The number of rotatable bonds is 7. The van der Waals surface area contributed by atoms with Gasteiger partial charge in [-0.1, -0.05) is 11.6 Å². The lowest BCUT2D eigenvalue weighted by Gasteiger charge is -2.15. The zero-order valence-electron chi connectivity index (χ0n) is 20.1. The molecule has 1 N–H and O–H groups in total. The fourth-order valence-electron chi connectivity index (χ4n) is 4.61. The second-order valence-corrected chi connectivity index (χ2v) is 9.42. The number of nitrogens with one attached hydrogen (secondary N) is 1. The zero-order chi connectivity index (χ0) is 24.6. The van der Waals surface area contributed by atoms with Gasteiger partial charge in [0, 0.05) is 44.6 Å². The number of likely N-dealkylation sites (tertiary alicyclic amines) is 1. The highest BCUT2D eigenvalue weighted by Crippen LogP contribution is 2.35. The van der Waals surface area contributed by atoms with Crippen molar-refractivity contribution in [1.29, 1.82) is 0 Å². The van der Waals surface area contributed by atoms with Crippen molar-refractivity contribution in [3.8, 4) is 22.8 Å². The topological polar surface area (TPSA) is 94.0 Å². The summed E-state index contributed by atoms with van der Waals surface area (Å²) in [5, 5.41) is 4.93. The van der Waals surface area contributed by atoms with Crippen molar-refractivity contribution in [3.63, 3.8) is 0 Å². The lowest BCUT2D eigenvalue weighted by atomic mass is 10.2. The van der Waals surface area contributed by atoms with E-state index in [1.807, 2.05) is 54.3 Å². The van der Waals surface area contributed by atoms with Gasteiger partial charge in [-0.15, -0.1) is 0 Å². The first kappa shape index (κ1) is 22.9. The Labute approximate surface area is 213 Å². The number of aromatic nitrogens is 6. The van der Waals surface area contributed by atoms with Gasteiger partial charge in [0.2, 0.25) is 0 Å². The molecule has 0 saturated carbocycles. The zero-order valence-corrected chi connectivity index (χ0v) is 20.9. The second kappa shape index (κ2) is 9.50. The van der Waals surface area contributed by atoms with Gasteiger partial charge in [-0.2, -0.15) is 5.10 Å².